The maximum absolute atomic E-state index is 2.37. The van der Waals surface area contributed by atoms with Gasteiger partial charge in [-0.05, 0) is 36.8 Å². The molecule has 0 saturated carbocycles. The van der Waals surface area contributed by atoms with Crippen molar-refractivity contribution in [1.82, 2.24) is 0 Å². The van der Waals surface area contributed by atoms with Crippen molar-refractivity contribution in [2.45, 2.75) is 33.6 Å². The average Bonchev–Trinajstić information content (AvgIpc) is 2.44. The molecule has 0 N–H and O–H groups in total. The van der Waals surface area contributed by atoms with Crippen LogP contribution in [0.3, 0.4) is 0 Å². The Balaban J connectivity index is 2.19. The third-order valence-electron chi connectivity index (χ3n) is 2.75. The second-order valence-corrected chi connectivity index (χ2v) is 4.78. The molecule has 74 valence electrons. The average molecular weight is 186 g/mol. The van der Waals surface area contributed by atoms with Gasteiger partial charge in [0.15, 0.2) is 0 Å². The molecule has 0 saturated heterocycles. The standard InChI is InChI=1S/C14H18/c1-10(2)6-12-8-13-5-4-11(3)7-14(13)9-12/h4-5,7-8,10H,6,9H2,1-3H3. The second-order valence-electron chi connectivity index (χ2n) is 4.78. The van der Waals surface area contributed by atoms with Gasteiger partial charge in [-0.3, -0.25) is 0 Å². The Bertz CT molecular complexity index is 370. The van der Waals surface area contributed by atoms with E-state index in [9.17, 15) is 0 Å². The molecule has 0 amide bonds. The minimum atomic E-state index is 0.775. The van der Waals surface area contributed by atoms with Crippen LogP contribution in [-0.2, 0) is 6.42 Å². The van der Waals surface area contributed by atoms with Crippen molar-refractivity contribution in [3.8, 4) is 0 Å². The minimum absolute atomic E-state index is 0.775. The molecule has 0 spiro atoms. The van der Waals surface area contributed by atoms with Crippen molar-refractivity contribution >= 4 is 6.08 Å². The van der Waals surface area contributed by atoms with Gasteiger partial charge in [-0.2, -0.15) is 0 Å². The molecule has 14 heavy (non-hydrogen) atoms. The number of benzene rings is 1. The van der Waals surface area contributed by atoms with Gasteiger partial charge in [-0.25, -0.2) is 0 Å². The van der Waals surface area contributed by atoms with Gasteiger partial charge in [-0.1, -0.05) is 49.3 Å². The van der Waals surface area contributed by atoms with Gasteiger partial charge < -0.3 is 0 Å². The fraction of sp³-hybridized carbons (Fsp3) is 0.429. The lowest BCUT2D eigenvalue weighted by Gasteiger charge is -2.04. The van der Waals surface area contributed by atoms with E-state index in [1.807, 2.05) is 0 Å². The zero-order valence-corrected chi connectivity index (χ0v) is 9.30. The summed E-state index contributed by atoms with van der Waals surface area (Å²) in [5.41, 5.74) is 5.93. The van der Waals surface area contributed by atoms with Crippen LogP contribution in [0.5, 0.6) is 0 Å². The Morgan fingerprint density at radius 1 is 1.29 bits per heavy atom. The molecule has 2 rings (SSSR count). The highest BCUT2D eigenvalue weighted by Crippen LogP contribution is 2.29. The largest absolute Gasteiger partial charge is 0.0649 e. The van der Waals surface area contributed by atoms with E-state index in [1.54, 1.807) is 5.57 Å². The van der Waals surface area contributed by atoms with Gasteiger partial charge in [0.05, 0.1) is 0 Å². The molecule has 1 aromatic rings. The second kappa shape index (κ2) is 3.61. The number of fused-ring (bicyclic) bond motifs is 1. The summed E-state index contributed by atoms with van der Waals surface area (Å²) in [6, 6.07) is 6.77. The first-order chi connectivity index (χ1) is 6.65. The Labute approximate surface area is 86.7 Å². The van der Waals surface area contributed by atoms with E-state index < -0.39 is 0 Å². The predicted octanol–water partition coefficient (Wildman–Crippen LogP) is 3.98. The van der Waals surface area contributed by atoms with Crippen molar-refractivity contribution < 1.29 is 0 Å². The molecule has 1 aliphatic carbocycles. The monoisotopic (exact) mass is 186 g/mol. The van der Waals surface area contributed by atoms with E-state index in [0.29, 0.717) is 0 Å². The molecule has 0 aliphatic heterocycles. The highest BCUT2D eigenvalue weighted by Gasteiger charge is 2.12. The Morgan fingerprint density at radius 2 is 2.07 bits per heavy atom. The number of allylic oxidation sites excluding steroid dienone is 1. The highest BCUT2D eigenvalue weighted by atomic mass is 14.2. The summed E-state index contributed by atoms with van der Waals surface area (Å²) in [4.78, 5) is 0. The zero-order chi connectivity index (χ0) is 10.1. The van der Waals surface area contributed by atoms with E-state index in [4.69, 9.17) is 0 Å². The lowest BCUT2D eigenvalue weighted by atomic mass is 10.0. The number of hydrogen-bond acceptors (Lipinski definition) is 0. The fourth-order valence-corrected chi connectivity index (χ4v) is 2.20. The van der Waals surface area contributed by atoms with Crippen LogP contribution in [0.4, 0.5) is 0 Å². The van der Waals surface area contributed by atoms with Crippen molar-refractivity contribution in [3.63, 3.8) is 0 Å². The van der Waals surface area contributed by atoms with Crippen molar-refractivity contribution in [3.05, 3.63) is 40.5 Å². The summed E-state index contributed by atoms with van der Waals surface area (Å²) in [6.45, 7) is 6.74. The maximum atomic E-state index is 2.37. The number of aryl methyl sites for hydroxylation is 1. The molecule has 0 aromatic heterocycles. The molecule has 1 aromatic carbocycles. The Kier molecular flexibility index (Phi) is 2.45. The summed E-state index contributed by atoms with van der Waals surface area (Å²) >= 11 is 0. The SMILES string of the molecule is Cc1ccc2c(c1)CC(CC(C)C)=C2. The van der Waals surface area contributed by atoms with E-state index >= 15 is 0 Å². The highest BCUT2D eigenvalue weighted by molar-refractivity contribution is 5.64. The summed E-state index contributed by atoms with van der Waals surface area (Å²) in [5, 5.41) is 0. The van der Waals surface area contributed by atoms with Crippen LogP contribution in [-0.4, -0.2) is 0 Å². The number of hydrogen-bond donors (Lipinski definition) is 0. The normalized spacial score (nSPS) is 14.4. The van der Waals surface area contributed by atoms with Crippen LogP contribution in [0.15, 0.2) is 23.8 Å². The molecule has 0 fully saturated rings. The Morgan fingerprint density at radius 3 is 2.79 bits per heavy atom. The topological polar surface area (TPSA) is 0 Å². The van der Waals surface area contributed by atoms with Gasteiger partial charge in [0.2, 0.25) is 0 Å². The van der Waals surface area contributed by atoms with E-state index in [1.165, 1.54) is 29.5 Å². The molecule has 0 heteroatoms. The molecule has 0 atom stereocenters. The minimum Gasteiger partial charge on any atom is -0.0649 e. The predicted molar refractivity (Wildman–Crippen MR) is 62.3 cm³/mol. The van der Waals surface area contributed by atoms with Crippen LogP contribution >= 0.6 is 0 Å². The van der Waals surface area contributed by atoms with Crippen molar-refractivity contribution in [2.75, 3.05) is 0 Å². The van der Waals surface area contributed by atoms with Crippen LogP contribution in [0.2, 0.25) is 0 Å². The summed E-state index contributed by atoms with van der Waals surface area (Å²) in [7, 11) is 0. The van der Waals surface area contributed by atoms with Crippen LogP contribution < -0.4 is 0 Å². The van der Waals surface area contributed by atoms with Crippen LogP contribution in [0.25, 0.3) is 6.08 Å². The molecule has 0 bridgehead atoms. The lowest BCUT2D eigenvalue weighted by molar-refractivity contribution is 0.638. The first-order valence-electron chi connectivity index (χ1n) is 5.44. The van der Waals surface area contributed by atoms with Crippen LogP contribution in [0.1, 0.15) is 37.0 Å². The molecular weight excluding hydrogens is 168 g/mol. The smallest absolute Gasteiger partial charge is 0.00576 e. The molecule has 0 heterocycles. The molecule has 0 nitrogen and oxygen atoms in total. The number of rotatable bonds is 2. The third-order valence-corrected chi connectivity index (χ3v) is 2.75. The first kappa shape index (κ1) is 9.51. The molecule has 0 unspecified atom stereocenters. The molecular formula is C14H18. The van der Waals surface area contributed by atoms with Gasteiger partial charge in [0, 0.05) is 0 Å². The zero-order valence-electron chi connectivity index (χ0n) is 9.30. The van der Waals surface area contributed by atoms with Gasteiger partial charge >= 0.3 is 0 Å². The van der Waals surface area contributed by atoms with Crippen molar-refractivity contribution in [2.24, 2.45) is 5.92 Å². The Hall–Kier alpha value is -1.04. The van der Waals surface area contributed by atoms with E-state index in [2.05, 4.69) is 45.0 Å². The fourth-order valence-electron chi connectivity index (χ4n) is 2.20. The summed E-state index contributed by atoms with van der Waals surface area (Å²) in [6.07, 6.45) is 4.79. The van der Waals surface area contributed by atoms with Gasteiger partial charge in [0.1, 0.15) is 0 Å². The van der Waals surface area contributed by atoms with Crippen molar-refractivity contribution in [1.29, 1.82) is 0 Å². The van der Waals surface area contributed by atoms with E-state index in [0.717, 1.165) is 5.92 Å². The summed E-state index contributed by atoms with van der Waals surface area (Å²) in [5.74, 6) is 0.775. The van der Waals surface area contributed by atoms with Crippen LogP contribution in [0, 0.1) is 12.8 Å². The summed E-state index contributed by atoms with van der Waals surface area (Å²) < 4.78 is 0. The first-order valence-corrected chi connectivity index (χ1v) is 5.44. The van der Waals surface area contributed by atoms with Gasteiger partial charge in [0.25, 0.3) is 0 Å². The molecule has 0 radical (unpaired) electrons. The lowest BCUT2D eigenvalue weighted by Crippen LogP contribution is -1.91. The third kappa shape index (κ3) is 1.89. The maximum Gasteiger partial charge on any atom is -0.00576 e. The van der Waals surface area contributed by atoms with Gasteiger partial charge in [-0.15, -0.1) is 0 Å². The quantitative estimate of drug-likeness (QED) is 0.655. The van der Waals surface area contributed by atoms with E-state index in [-0.39, 0.29) is 0 Å². The molecule has 1 aliphatic rings.